The van der Waals surface area contributed by atoms with Gasteiger partial charge in [-0.2, -0.15) is 5.10 Å². The number of aromatic nitrogens is 2. The van der Waals surface area contributed by atoms with Crippen LogP contribution in [0, 0.1) is 0 Å². The molecule has 1 aromatic heterocycles. The molecule has 0 atom stereocenters. The second kappa shape index (κ2) is 7.25. The van der Waals surface area contributed by atoms with Crippen LogP contribution in [0.3, 0.4) is 0 Å². The zero-order valence-electron chi connectivity index (χ0n) is 12.6. The van der Waals surface area contributed by atoms with E-state index in [-0.39, 0.29) is 16.2 Å². The fourth-order valence-electron chi connectivity index (χ4n) is 2.01. The first-order valence-corrected chi connectivity index (χ1v) is 8.43. The number of aryl methyl sites for hydroxylation is 1. The molecule has 1 heterocycles. The fraction of sp³-hybridized carbons (Fsp3) is 0.286. The zero-order valence-corrected chi connectivity index (χ0v) is 13.4. The standard InChI is InChI=1S/C14H18N4O4S/c1-22-13-5-4-11(23(15,20)21)10-12(13)14(19)16-6-2-8-18-9-3-7-17-18/h3-5,7,9-10H,2,6,8H2,1H3,(H,16,19)(H2,15,20,21). The highest BCUT2D eigenvalue weighted by Gasteiger charge is 2.17. The van der Waals surface area contributed by atoms with E-state index in [1.165, 1.54) is 25.3 Å². The highest BCUT2D eigenvalue weighted by Crippen LogP contribution is 2.21. The number of methoxy groups -OCH3 is 1. The van der Waals surface area contributed by atoms with Gasteiger partial charge in [0.05, 0.1) is 17.6 Å². The Kier molecular flexibility index (Phi) is 5.35. The first-order chi connectivity index (χ1) is 10.9. The number of carbonyl (C=O) groups excluding carboxylic acids is 1. The summed E-state index contributed by atoms with van der Waals surface area (Å²) in [5.41, 5.74) is 0.123. The average Bonchev–Trinajstić information content (AvgIpc) is 3.03. The number of nitrogens with two attached hydrogens (primary N) is 1. The van der Waals surface area contributed by atoms with Gasteiger partial charge in [0.1, 0.15) is 5.75 Å². The lowest BCUT2D eigenvalue weighted by Crippen LogP contribution is -2.26. The van der Waals surface area contributed by atoms with Crippen molar-refractivity contribution in [1.82, 2.24) is 15.1 Å². The maximum Gasteiger partial charge on any atom is 0.255 e. The largest absolute Gasteiger partial charge is 0.496 e. The molecule has 0 aliphatic heterocycles. The molecular weight excluding hydrogens is 320 g/mol. The molecule has 0 saturated heterocycles. The van der Waals surface area contributed by atoms with E-state index in [9.17, 15) is 13.2 Å². The first-order valence-electron chi connectivity index (χ1n) is 6.88. The quantitative estimate of drug-likeness (QED) is 0.707. The molecule has 0 bridgehead atoms. The van der Waals surface area contributed by atoms with Gasteiger partial charge >= 0.3 is 0 Å². The van der Waals surface area contributed by atoms with Gasteiger partial charge in [-0.1, -0.05) is 0 Å². The molecule has 8 nitrogen and oxygen atoms in total. The number of hydrogen-bond donors (Lipinski definition) is 2. The predicted molar refractivity (Wildman–Crippen MR) is 83.5 cm³/mol. The fourth-order valence-corrected chi connectivity index (χ4v) is 2.55. The minimum atomic E-state index is -3.89. The number of amides is 1. The van der Waals surface area contributed by atoms with Gasteiger partial charge in [-0.3, -0.25) is 9.48 Å². The van der Waals surface area contributed by atoms with Gasteiger partial charge in [-0.25, -0.2) is 13.6 Å². The summed E-state index contributed by atoms with van der Waals surface area (Å²) < 4.78 is 29.6. The monoisotopic (exact) mass is 338 g/mol. The van der Waals surface area contributed by atoms with E-state index in [2.05, 4.69) is 10.4 Å². The summed E-state index contributed by atoms with van der Waals surface area (Å²) in [5, 5.41) is 11.9. The Morgan fingerprint density at radius 1 is 1.43 bits per heavy atom. The Morgan fingerprint density at radius 3 is 2.83 bits per heavy atom. The summed E-state index contributed by atoms with van der Waals surface area (Å²) in [6.07, 6.45) is 4.20. The summed E-state index contributed by atoms with van der Waals surface area (Å²) >= 11 is 0. The lowest BCUT2D eigenvalue weighted by atomic mass is 10.2. The van der Waals surface area contributed by atoms with Crippen LogP contribution in [0.25, 0.3) is 0 Å². The molecule has 1 aromatic carbocycles. The topological polar surface area (TPSA) is 116 Å². The van der Waals surface area contributed by atoms with Gasteiger partial charge in [0.2, 0.25) is 10.0 Å². The second-order valence-electron chi connectivity index (χ2n) is 4.79. The van der Waals surface area contributed by atoms with Gasteiger partial charge in [-0.15, -0.1) is 0 Å². The lowest BCUT2D eigenvalue weighted by Gasteiger charge is -2.10. The van der Waals surface area contributed by atoms with Crippen molar-refractivity contribution in [3.63, 3.8) is 0 Å². The molecule has 1 amide bonds. The molecule has 3 N–H and O–H groups in total. The van der Waals surface area contributed by atoms with Crippen LogP contribution >= 0.6 is 0 Å². The third-order valence-electron chi connectivity index (χ3n) is 3.15. The zero-order chi connectivity index (χ0) is 16.9. The molecule has 0 aliphatic carbocycles. The molecule has 124 valence electrons. The van der Waals surface area contributed by atoms with Crippen LogP contribution in [-0.2, 0) is 16.6 Å². The van der Waals surface area contributed by atoms with E-state index in [1.807, 2.05) is 12.3 Å². The SMILES string of the molecule is COc1ccc(S(N)(=O)=O)cc1C(=O)NCCCn1cccn1. The van der Waals surface area contributed by atoms with E-state index in [1.54, 1.807) is 10.9 Å². The van der Waals surface area contributed by atoms with Crippen molar-refractivity contribution in [2.24, 2.45) is 5.14 Å². The number of hydrogen-bond acceptors (Lipinski definition) is 5. The molecule has 0 unspecified atom stereocenters. The highest BCUT2D eigenvalue weighted by atomic mass is 32.2. The number of ether oxygens (including phenoxy) is 1. The summed E-state index contributed by atoms with van der Waals surface area (Å²) in [4.78, 5) is 12.1. The normalized spacial score (nSPS) is 11.2. The van der Waals surface area contributed by atoms with Crippen molar-refractivity contribution >= 4 is 15.9 Å². The number of rotatable bonds is 7. The molecule has 0 saturated carbocycles. The summed E-state index contributed by atoms with van der Waals surface area (Å²) in [6, 6.07) is 5.72. The van der Waals surface area contributed by atoms with Crippen molar-refractivity contribution in [3.05, 3.63) is 42.2 Å². The van der Waals surface area contributed by atoms with Crippen molar-refractivity contribution < 1.29 is 17.9 Å². The molecule has 0 spiro atoms. The van der Waals surface area contributed by atoms with E-state index in [0.29, 0.717) is 19.5 Å². The molecule has 2 rings (SSSR count). The Morgan fingerprint density at radius 2 is 2.22 bits per heavy atom. The van der Waals surface area contributed by atoms with Crippen LogP contribution in [0.2, 0.25) is 0 Å². The van der Waals surface area contributed by atoms with Crippen molar-refractivity contribution in [2.45, 2.75) is 17.9 Å². The molecular formula is C14H18N4O4S. The number of nitrogens with zero attached hydrogens (tertiary/aromatic N) is 2. The molecule has 0 radical (unpaired) electrons. The minimum Gasteiger partial charge on any atom is -0.496 e. The number of sulfonamides is 1. The van der Waals surface area contributed by atoms with E-state index < -0.39 is 15.9 Å². The van der Waals surface area contributed by atoms with Gasteiger partial charge in [0, 0.05) is 25.5 Å². The molecule has 9 heteroatoms. The molecule has 2 aromatic rings. The number of carbonyl (C=O) groups is 1. The van der Waals surface area contributed by atoms with Crippen LogP contribution < -0.4 is 15.2 Å². The molecule has 0 fully saturated rings. The van der Waals surface area contributed by atoms with Gasteiger partial charge in [-0.05, 0) is 30.7 Å². The second-order valence-corrected chi connectivity index (χ2v) is 6.35. The van der Waals surface area contributed by atoms with Crippen LogP contribution in [0.5, 0.6) is 5.75 Å². The van der Waals surface area contributed by atoms with Gasteiger partial charge in [0.15, 0.2) is 0 Å². The number of primary sulfonamides is 1. The maximum absolute atomic E-state index is 12.2. The smallest absolute Gasteiger partial charge is 0.255 e. The van der Waals surface area contributed by atoms with E-state index in [4.69, 9.17) is 9.88 Å². The average molecular weight is 338 g/mol. The van der Waals surface area contributed by atoms with Crippen LogP contribution in [-0.4, -0.2) is 37.8 Å². The Bertz CT molecular complexity index is 772. The summed E-state index contributed by atoms with van der Waals surface area (Å²) in [6.45, 7) is 1.09. The predicted octanol–water partition coefficient (Wildman–Crippen LogP) is 0.359. The van der Waals surface area contributed by atoms with Crippen molar-refractivity contribution in [3.8, 4) is 5.75 Å². The van der Waals surface area contributed by atoms with Crippen molar-refractivity contribution in [2.75, 3.05) is 13.7 Å². The third kappa shape index (κ3) is 4.54. The summed E-state index contributed by atoms with van der Waals surface area (Å²) in [5.74, 6) is -0.144. The third-order valence-corrected chi connectivity index (χ3v) is 4.06. The highest BCUT2D eigenvalue weighted by molar-refractivity contribution is 7.89. The summed E-state index contributed by atoms with van der Waals surface area (Å²) in [7, 11) is -2.48. The first kappa shape index (κ1) is 17.0. The van der Waals surface area contributed by atoms with Crippen molar-refractivity contribution in [1.29, 1.82) is 0 Å². The number of benzene rings is 1. The lowest BCUT2D eigenvalue weighted by molar-refractivity contribution is 0.0949. The maximum atomic E-state index is 12.2. The van der Waals surface area contributed by atoms with Crippen LogP contribution in [0.15, 0.2) is 41.6 Å². The van der Waals surface area contributed by atoms with E-state index >= 15 is 0 Å². The Balaban J connectivity index is 2.02. The van der Waals surface area contributed by atoms with Gasteiger partial charge < -0.3 is 10.1 Å². The van der Waals surface area contributed by atoms with Gasteiger partial charge in [0.25, 0.3) is 5.91 Å². The molecule has 0 aliphatic rings. The number of nitrogens with one attached hydrogen (secondary N) is 1. The van der Waals surface area contributed by atoms with Crippen LogP contribution in [0.4, 0.5) is 0 Å². The van der Waals surface area contributed by atoms with Crippen LogP contribution in [0.1, 0.15) is 16.8 Å². The Hall–Kier alpha value is -2.39. The van der Waals surface area contributed by atoms with E-state index in [0.717, 1.165) is 0 Å². The minimum absolute atomic E-state index is 0.123. The Labute approximate surface area is 134 Å². The molecule has 23 heavy (non-hydrogen) atoms.